The van der Waals surface area contributed by atoms with Crippen LogP contribution in [-0.4, -0.2) is 64.9 Å². The van der Waals surface area contributed by atoms with E-state index in [4.69, 9.17) is 0 Å². The number of alkyl halides is 3. The van der Waals surface area contributed by atoms with Crippen LogP contribution in [0.15, 0.2) is 58.3 Å². The number of thioether (sulfide) groups is 1. The molecule has 3 aliphatic heterocycles. The van der Waals surface area contributed by atoms with Crippen LogP contribution >= 0.6 is 11.8 Å². The second kappa shape index (κ2) is 16.2. The fourth-order valence-electron chi connectivity index (χ4n) is 5.16. The maximum Gasteiger partial charge on any atom is 0.416 e. The Morgan fingerprint density at radius 1 is 1.12 bits per heavy atom. The fraction of sp³-hybridized carbons (Fsp3) is 0.613. The molecule has 10 heteroatoms. The van der Waals surface area contributed by atoms with Gasteiger partial charge in [-0.2, -0.15) is 13.2 Å². The van der Waals surface area contributed by atoms with E-state index in [1.54, 1.807) is 11.8 Å². The van der Waals surface area contributed by atoms with E-state index >= 15 is 0 Å². The van der Waals surface area contributed by atoms with Gasteiger partial charge in [0.05, 0.1) is 11.3 Å². The molecule has 1 atom stereocenters. The minimum absolute atomic E-state index is 0.0907. The molecule has 1 spiro atoms. The lowest BCUT2D eigenvalue weighted by Gasteiger charge is -2.39. The number of nitrogens with zero attached hydrogens (tertiary/aromatic N) is 2. The maximum absolute atomic E-state index is 13.6. The molecule has 0 aromatic rings. The van der Waals surface area contributed by atoms with Crippen LogP contribution in [0.25, 0.3) is 0 Å². The average molecular weight is 597 g/mol. The monoisotopic (exact) mass is 596 g/mol. The summed E-state index contributed by atoms with van der Waals surface area (Å²) in [5.74, 6) is -0.238. The standard InChI is InChI=1S/C26H33F3N4O2S.C3H8.C2H6/c1-3-19(26(27,28)29)17-21-18(2)36-22-10-6-4-5-9-20(22)33(21)14-8-7-13-32-15-11-25(12-16-32)23(34)30-24(35)31-25;1-3-2;1-2/h3-6,9,17-18H,7-8,10-16H2,1-2H3,(H2,30,31,34,35);3H2,1-2H3;1-2H3/b19-3+,21-17+;;. The van der Waals surface area contributed by atoms with Crippen LogP contribution in [0.3, 0.4) is 0 Å². The van der Waals surface area contributed by atoms with Gasteiger partial charge in [-0.05, 0) is 64.6 Å². The Bertz CT molecular complexity index is 1050. The number of unbranched alkanes of at least 4 members (excludes halogenated alkanes) is 1. The average Bonchev–Trinajstić information content (AvgIpc) is 3.06. The van der Waals surface area contributed by atoms with E-state index in [2.05, 4.69) is 40.4 Å². The Kier molecular flexibility index (Phi) is 13.8. The molecule has 4 aliphatic rings. The van der Waals surface area contributed by atoms with Gasteiger partial charge in [0.2, 0.25) is 0 Å². The Balaban J connectivity index is 0.00000110. The van der Waals surface area contributed by atoms with Gasteiger partial charge in [0.15, 0.2) is 0 Å². The lowest BCUT2D eigenvalue weighted by atomic mass is 9.87. The van der Waals surface area contributed by atoms with E-state index in [1.807, 2.05) is 39.0 Å². The second-order valence-electron chi connectivity index (χ2n) is 10.3. The zero-order chi connectivity index (χ0) is 30.6. The van der Waals surface area contributed by atoms with E-state index in [0.29, 0.717) is 25.1 Å². The van der Waals surface area contributed by atoms with Crippen molar-refractivity contribution in [3.63, 3.8) is 0 Å². The van der Waals surface area contributed by atoms with Gasteiger partial charge in [0.1, 0.15) is 5.54 Å². The van der Waals surface area contributed by atoms with Gasteiger partial charge in [0, 0.05) is 35.5 Å². The van der Waals surface area contributed by atoms with Crippen LogP contribution in [0.1, 0.15) is 80.1 Å². The predicted molar refractivity (Wildman–Crippen MR) is 163 cm³/mol. The molecule has 6 nitrogen and oxygen atoms in total. The lowest BCUT2D eigenvalue weighted by molar-refractivity contribution is -0.125. The number of imide groups is 1. The van der Waals surface area contributed by atoms with Crippen molar-refractivity contribution < 1.29 is 22.8 Å². The number of hydrogen-bond donors (Lipinski definition) is 2. The highest BCUT2D eigenvalue weighted by atomic mass is 32.2. The largest absolute Gasteiger partial charge is 0.416 e. The maximum atomic E-state index is 13.6. The second-order valence-corrected chi connectivity index (χ2v) is 11.7. The minimum Gasteiger partial charge on any atom is -0.343 e. The quantitative estimate of drug-likeness (QED) is 0.247. The molecule has 2 N–H and O–H groups in total. The number of hydrogen-bond acceptors (Lipinski definition) is 5. The van der Waals surface area contributed by atoms with Crippen LogP contribution in [0.2, 0.25) is 0 Å². The molecule has 0 aromatic heterocycles. The minimum atomic E-state index is -4.39. The summed E-state index contributed by atoms with van der Waals surface area (Å²) < 4.78 is 40.7. The van der Waals surface area contributed by atoms with Gasteiger partial charge in [-0.15, -0.1) is 11.8 Å². The van der Waals surface area contributed by atoms with Gasteiger partial charge in [-0.25, -0.2) is 4.79 Å². The topological polar surface area (TPSA) is 64.7 Å². The van der Waals surface area contributed by atoms with Gasteiger partial charge >= 0.3 is 12.2 Å². The molecule has 3 amide bonds. The van der Waals surface area contributed by atoms with Gasteiger partial charge in [0.25, 0.3) is 5.91 Å². The normalized spacial score (nSPS) is 23.3. The molecular weight excluding hydrogens is 549 g/mol. The number of likely N-dealkylation sites (tertiary alicyclic amines) is 1. The van der Waals surface area contributed by atoms with Crippen molar-refractivity contribution in [1.82, 2.24) is 20.4 Å². The molecule has 0 aromatic carbocycles. The number of carbonyl (C=O) groups is 2. The lowest BCUT2D eigenvalue weighted by Crippen LogP contribution is -2.54. The van der Waals surface area contributed by atoms with Crippen LogP contribution < -0.4 is 10.6 Å². The first kappa shape index (κ1) is 34.7. The predicted octanol–water partition coefficient (Wildman–Crippen LogP) is 7.44. The highest BCUT2D eigenvalue weighted by Gasteiger charge is 2.47. The van der Waals surface area contributed by atoms with Crippen molar-refractivity contribution in [2.75, 3.05) is 26.2 Å². The van der Waals surface area contributed by atoms with Gasteiger partial charge < -0.3 is 15.1 Å². The molecule has 0 bridgehead atoms. The van der Waals surface area contributed by atoms with E-state index in [0.717, 1.165) is 50.7 Å². The molecule has 4 rings (SSSR count). The highest BCUT2D eigenvalue weighted by molar-refractivity contribution is 8.03. The SMILES string of the molecule is C/C=C(\C=C1/C(C)SC2=C(C=CC=CC2)N1CCCCN1CCC2(CC1)NC(=O)NC2=O)C(F)(F)F.CC.CCC. The Morgan fingerprint density at radius 2 is 1.76 bits per heavy atom. The van der Waals surface area contributed by atoms with Crippen molar-refractivity contribution in [2.24, 2.45) is 0 Å². The smallest absolute Gasteiger partial charge is 0.343 e. The number of halogens is 3. The van der Waals surface area contributed by atoms with Crippen molar-refractivity contribution in [2.45, 2.75) is 97.0 Å². The summed E-state index contributed by atoms with van der Waals surface area (Å²) in [5, 5.41) is 5.02. The van der Waals surface area contributed by atoms with Crippen molar-refractivity contribution in [3.8, 4) is 0 Å². The molecule has 2 saturated heterocycles. The molecule has 1 aliphatic carbocycles. The van der Waals surface area contributed by atoms with E-state index in [-0.39, 0.29) is 11.2 Å². The van der Waals surface area contributed by atoms with Crippen molar-refractivity contribution >= 4 is 23.7 Å². The zero-order valence-electron chi connectivity index (χ0n) is 25.4. The summed E-state index contributed by atoms with van der Waals surface area (Å²) >= 11 is 1.63. The first-order valence-corrected chi connectivity index (χ1v) is 15.7. The molecular formula is C31H47F3N4O2S. The molecule has 3 heterocycles. The molecule has 230 valence electrons. The van der Waals surface area contributed by atoms with Gasteiger partial charge in [-0.3, -0.25) is 10.1 Å². The van der Waals surface area contributed by atoms with Crippen molar-refractivity contribution in [3.05, 3.63) is 58.3 Å². The number of carbonyl (C=O) groups excluding carboxylic acids is 2. The summed E-state index contributed by atoms with van der Waals surface area (Å²) in [4.78, 5) is 29.2. The van der Waals surface area contributed by atoms with E-state index < -0.39 is 23.3 Å². The number of allylic oxidation sites excluding steroid dienone is 8. The van der Waals surface area contributed by atoms with Crippen LogP contribution in [0.4, 0.5) is 18.0 Å². The number of nitrogens with one attached hydrogen (secondary N) is 2. The first-order valence-electron chi connectivity index (χ1n) is 14.9. The van der Waals surface area contributed by atoms with Gasteiger partial charge in [-0.1, -0.05) is 58.4 Å². The highest BCUT2D eigenvalue weighted by Crippen LogP contribution is 2.43. The van der Waals surface area contributed by atoms with Crippen LogP contribution in [0, 0.1) is 0 Å². The summed E-state index contributed by atoms with van der Waals surface area (Å²) in [6.07, 6.45) is 10.9. The Morgan fingerprint density at radius 3 is 2.32 bits per heavy atom. The summed E-state index contributed by atoms with van der Waals surface area (Å²) in [6.45, 7) is 14.6. The fourth-order valence-corrected chi connectivity index (χ4v) is 6.39. The van der Waals surface area contributed by atoms with E-state index in [9.17, 15) is 22.8 Å². The molecule has 2 fully saturated rings. The van der Waals surface area contributed by atoms with Crippen LogP contribution in [-0.2, 0) is 4.79 Å². The zero-order valence-corrected chi connectivity index (χ0v) is 26.2. The molecule has 41 heavy (non-hydrogen) atoms. The molecule has 0 radical (unpaired) electrons. The number of rotatable bonds is 6. The van der Waals surface area contributed by atoms with E-state index in [1.165, 1.54) is 24.3 Å². The molecule has 0 saturated carbocycles. The first-order chi connectivity index (χ1) is 19.5. The van der Waals surface area contributed by atoms with Crippen LogP contribution in [0.5, 0.6) is 0 Å². The van der Waals surface area contributed by atoms with Crippen molar-refractivity contribution in [1.29, 1.82) is 0 Å². The third-order valence-corrected chi connectivity index (χ3v) is 8.46. The number of piperidine rings is 1. The third kappa shape index (κ3) is 9.26. The Hall–Kier alpha value is -2.46. The number of urea groups is 1. The summed E-state index contributed by atoms with van der Waals surface area (Å²) in [6, 6.07) is -0.422. The number of amides is 3. The third-order valence-electron chi connectivity index (χ3n) is 7.20. The summed E-state index contributed by atoms with van der Waals surface area (Å²) in [7, 11) is 0. The summed E-state index contributed by atoms with van der Waals surface area (Å²) in [5.41, 5.74) is 0.258. The molecule has 1 unspecified atom stereocenters. The Labute approximate surface area is 248 Å².